The van der Waals surface area contributed by atoms with Crippen molar-refractivity contribution in [2.24, 2.45) is 0 Å². The average molecular weight is 262 g/mol. The maximum Gasteiger partial charge on any atom is 0.306 e. The van der Waals surface area contributed by atoms with E-state index >= 15 is 0 Å². The smallest absolute Gasteiger partial charge is 0.306 e. The van der Waals surface area contributed by atoms with E-state index in [0.717, 1.165) is 0 Å². The molecule has 6 nitrogen and oxygen atoms in total. The molecule has 0 fully saturated rings. The first kappa shape index (κ1) is 13.7. The summed E-state index contributed by atoms with van der Waals surface area (Å²) in [7, 11) is 1.39. The van der Waals surface area contributed by atoms with E-state index in [1.54, 1.807) is 0 Å². The fourth-order valence-corrected chi connectivity index (χ4v) is 1.52. The van der Waals surface area contributed by atoms with Gasteiger partial charge in [0.15, 0.2) is 0 Å². The van der Waals surface area contributed by atoms with Gasteiger partial charge in [0.05, 0.1) is 19.6 Å². The molecule has 1 heterocycles. The van der Waals surface area contributed by atoms with E-state index in [-0.39, 0.29) is 16.5 Å². The minimum absolute atomic E-state index is 0.173. The summed E-state index contributed by atoms with van der Waals surface area (Å²) < 4.78 is 4.82. The molecule has 0 bridgehead atoms. The molecule has 0 radical (unpaired) electrons. The summed E-state index contributed by atoms with van der Waals surface area (Å²) in [5.41, 5.74) is 0.226. The van der Waals surface area contributed by atoms with Crippen LogP contribution in [0.4, 0.5) is 0 Å². The van der Waals surface area contributed by atoms with Gasteiger partial charge in [-0.2, -0.15) is 0 Å². The van der Waals surface area contributed by atoms with Crippen LogP contribution < -0.4 is 4.74 Å². The summed E-state index contributed by atoms with van der Waals surface area (Å²) in [5, 5.41) is 27.8. The van der Waals surface area contributed by atoms with E-state index in [0.29, 0.717) is 0 Å². The number of carboxylic acid groups (broad SMARTS) is 1. The van der Waals surface area contributed by atoms with Gasteiger partial charge in [-0.15, -0.1) is 0 Å². The van der Waals surface area contributed by atoms with Crippen LogP contribution in [0.15, 0.2) is 12.3 Å². The quantitative estimate of drug-likeness (QED) is 0.718. The van der Waals surface area contributed by atoms with Crippen LogP contribution in [0.3, 0.4) is 0 Å². The van der Waals surface area contributed by atoms with Crippen LogP contribution in [0, 0.1) is 0 Å². The van der Waals surface area contributed by atoms with Crippen LogP contribution in [0.5, 0.6) is 5.88 Å². The number of methoxy groups -OCH3 is 1. The maximum atomic E-state index is 10.4. The van der Waals surface area contributed by atoms with E-state index in [1.807, 2.05) is 0 Å². The Morgan fingerprint density at radius 1 is 1.59 bits per heavy atom. The molecule has 94 valence electrons. The zero-order chi connectivity index (χ0) is 13.0. The third-order valence-electron chi connectivity index (χ3n) is 2.11. The molecule has 1 aromatic rings. The number of ether oxygens (including phenoxy) is 1. The van der Waals surface area contributed by atoms with Crippen LogP contribution in [0.2, 0.25) is 5.02 Å². The first-order valence-electron chi connectivity index (χ1n) is 4.73. The minimum Gasteiger partial charge on any atom is -0.481 e. The van der Waals surface area contributed by atoms with Crippen molar-refractivity contribution in [2.45, 2.75) is 18.6 Å². The number of carbonyl (C=O) groups is 1. The Bertz CT molecular complexity index is 412. The van der Waals surface area contributed by atoms with E-state index in [4.69, 9.17) is 21.4 Å². The summed E-state index contributed by atoms with van der Waals surface area (Å²) in [6, 6.07) is 1.36. The number of aliphatic hydroxyl groups excluding tert-OH is 2. The number of aliphatic carboxylic acids is 1. The predicted octanol–water partition coefficient (Wildman–Crippen LogP) is 0.613. The molecule has 0 amide bonds. The first-order valence-corrected chi connectivity index (χ1v) is 5.11. The Balaban J connectivity index is 2.85. The van der Waals surface area contributed by atoms with Gasteiger partial charge in [-0.1, -0.05) is 11.6 Å². The third kappa shape index (κ3) is 3.55. The standard InChI is InChI=1S/C10H12ClNO5/c1-17-10-6(11)2-5(4-12-10)9(16)7(13)3-8(14)15/h2,4,7,9,13,16H,3H2,1H3,(H,14,15). The molecule has 17 heavy (non-hydrogen) atoms. The lowest BCUT2D eigenvalue weighted by Gasteiger charge is -2.16. The third-order valence-corrected chi connectivity index (χ3v) is 2.38. The number of pyridine rings is 1. The molecular weight excluding hydrogens is 250 g/mol. The van der Waals surface area contributed by atoms with Crippen molar-refractivity contribution in [1.29, 1.82) is 0 Å². The summed E-state index contributed by atoms with van der Waals surface area (Å²) in [5.74, 6) is -1.01. The Morgan fingerprint density at radius 3 is 2.71 bits per heavy atom. The largest absolute Gasteiger partial charge is 0.481 e. The van der Waals surface area contributed by atoms with E-state index < -0.39 is 24.6 Å². The van der Waals surface area contributed by atoms with Crippen molar-refractivity contribution < 1.29 is 24.9 Å². The second kappa shape index (κ2) is 5.81. The van der Waals surface area contributed by atoms with Crippen LogP contribution in [-0.4, -0.2) is 39.5 Å². The Hall–Kier alpha value is -1.37. The average Bonchev–Trinajstić information content (AvgIpc) is 2.27. The lowest BCUT2D eigenvalue weighted by Crippen LogP contribution is -2.21. The highest BCUT2D eigenvalue weighted by atomic mass is 35.5. The molecule has 0 saturated carbocycles. The molecule has 0 aromatic carbocycles. The number of hydrogen-bond donors (Lipinski definition) is 3. The zero-order valence-corrected chi connectivity index (χ0v) is 9.76. The topological polar surface area (TPSA) is 99.9 Å². The first-order chi connectivity index (χ1) is 7.95. The van der Waals surface area contributed by atoms with Gasteiger partial charge in [0, 0.05) is 11.8 Å². The van der Waals surface area contributed by atoms with Gasteiger partial charge in [0.25, 0.3) is 0 Å². The van der Waals surface area contributed by atoms with Gasteiger partial charge >= 0.3 is 5.97 Å². The van der Waals surface area contributed by atoms with Crippen LogP contribution in [0.1, 0.15) is 18.1 Å². The maximum absolute atomic E-state index is 10.4. The zero-order valence-electron chi connectivity index (χ0n) is 9.00. The summed E-state index contributed by atoms with van der Waals surface area (Å²) in [6.07, 6.45) is -2.08. The Kier molecular flexibility index (Phi) is 4.68. The number of nitrogens with zero attached hydrogens (tertiary/aromatic N) is 1. The van der Waals surface area contributed by atoms with E-state index in [1.165, 1.54) is 19.4 Å². The van der Waals surface area contributed by atoms with E-state index in [2.05, 4.69) is 4.98 Å². The predicted molar refractivity (Wildman–Crippen MR) is 59.0 cm³/mol. The number of hydrogen-bond acceptors (Lipinski definition) is 5. The molecule has 0 spiro atoms. The van der Waals surface area contributed by atoms with Crippen molar-refractivity contribution in [2.75, 3.05) is 7.11 Å². The molecule has 2 unspecified atom stereocenters. The van der Waals surface area contributed by atoms with Crippen LogP contribution >= 0.6 is 11.6 Å². The molecule has 7 heteroatoms. The van der Waals surface area contributed by atoms with Crippen LogP contribution in [-0.2, 0) is 4.79 Å². The van der Waals surface area contributed by atoms with Gasteiger partial charge in [0.2, 0.25) is 5.88 Å². The summed E-state index contributed by atoms with van der Waals surface area (Å²) in [6.45, 7) is 0. The van der Waals surface area contributed by atoms with Crippen molar-refractivity contribution in [3.8, 4) is 5.88 Å². The molecule has 2 atom stereocenters. The SMILES string of the molecule is COc1ncc(C(O)C(O)CC(=O)O)cc1Cl. The number of carboxylic acids is 1. The Labute approximate surface area is 102 Å². The molecule has 1 rings (SSSR count). The highest BCUT2D eigenvalue weighted by molar-refractivity contribution is 6.31. The molecule has 0 aliphatic carbocycles. The lowest BCUT2D eigenvalue weighted by atomic mass is 10.0. The second-order valence-electron chi connectivity index (χ2n) is 3.37. The number of rotatable bonds is 5. The molecule has 0 aliphatic heterocycles. The number of halogens is 1. The van der Waals surface area contributed by atoms with Crippen molar-refractivity contribution >= 4 is 17.6 Å². The fourth-order valence-electron chi connectivity index (χ4n) is 1.26. The normalized spacial score (nSPS) is 14.1. The Morgan fingerprint density at radius 2 is 2.24 bits per heavy atom. The van der Waals surface area contributed by atoms with Gasteiger partial charge in [0.1, 0.15) is 11.1 Å². The van der Waals surface area contributed by atoms with Crippen molar-refractivity contribution in [3.63, 3.8) is 0 Å². The molecule has 3 N–H and O–H groups in total. The minimum atomic E-state index is -1.42. The molecule has 0 aliphatic rings. The second-order valence-corrected chi connectivity index (χ2v) is 3.78. The highest BCUT2D eigenvalue weighted by Gasteiger charge is 2.22. The monoisotopic (exact) mass is 261 g/mol. The number of aromatic nitrogens is 1. The van der Waals surface area contributed by atoms with Crippen molar-refractivity contribution in [1.82, 2.24) is 4.98 Å². The van der Waals surface area contributed by atoms with Gasteiger partial charge < -0.3 is 20.1 Å². The number of aliphatic hydroxyl groups is 2. The molecule has 1 aromatic heterocycles. The molecular formula is C10H12ClNO5. The highest BCUT2D eigenvalue weighted by Crippen LogP contribution is 2.26. The lowest BCUT2D eigenvalue weighted by molar-refractivity contribution is -0.141. The summed E-state index contributed by atoms with van der Waals surface area (Å²) in [4.78, 5) is 14.2. The summed E-state index contributed by atoms with van der Waals surface area (Å²) >= 11 is 5.79. The van der Waals surface area contributed by atoms with Crippen molar-refractivity contribution in [3.05, 3.63) is 22.8 Å². The van der Waals surface area contributed by atoms with E-state index in [9.17, 15) is 15.0 Å². The van der Waals surface area contributed by atoms with Gasteiger partial charge in [-0.05, 0) is 6.07 Å². The van der Waals surface area contributed by atoms with Gasteiger partial charge in [-0.3, -0.25) is 4.79 Å². The van der Waals surface area contributed by atoms with Crippen LogP contribution in [0.25, 0.3) is 0 Å². The fraction of sp³-hybridized carbons (Fsp3) is 0.400. The molecule has 0 saturated heterocycles. The van der Waals surface area contributed by atoms with Gasteiger partial charge in [-0.25, -0.2) is 4.98 Å².